The molecule has 0 aliphatic carbocycles. The van der Waals surface area contributed by atoms with Crippen LogP contribution in [0, 0.1) is 0 Å². The van der Waals surface area contributed by atoms with E-state index < -0.39 is 0 Å². The molecule has 0 saturated carbocycles. The summed E-state index contributed by atoms with van der Waals surface area (Å²) in [6, 6.07) is 0. The third-order valence-corrected chi connectivity index (χ3v) is 0.888. The monoisotopic (exact) mass is 176 g/mol. The molecule has 2 nitrogen and oxygen atoms in total. The highest BCUT2D eigenvalue weighted by atomic mass is 19.3. The fourth-order valence-electron chi connectivity index (χ4n) is 0.389. The van der Waals surface area contributed by atoms with Crippen LogP contribution in [-0.2, 0) is 9.68 Å². The maximum Gasteiger partial charge on any atom is 0.132 e. The second-order valence-electron chi connectivity index (χ2n) is 1.87. The van der Waals surface area contributed by atoms with Crippen molar-refractivity contribution >= 4 is 0 Å². The van der Waals surface area contributed by atoms with Crippen molar-refractivity contribution in [1.29, 1.82) is 0 Å². The minimum Gasteiger partial charge on any atom is -0.502 e. The van der Waals surface area contributed by atoms with Gasteiger partial charge in [0.1, 0.15) is 6.26 Å². The quantitative estimate of drug-likeness (QED) is 0.598. The van der Waals surface area contributed by atoms with Crippen molar-refractivity contribution in [3.05, 3.63) is 25.2 Å². The van der Waals surface area contributed by atoms with Gasteiger partial charge in [-0.3, -0.25) is 0 Å². The van der Waals surface area contributed by atoms with E-state index in [1.54, 1.807) is 6.08 Å². The lowest BCUT2D eigenvalue weighted by molar-refractivity contribution is -0.0621. The highest BCUT2D eigenvalue weighted by Gasteiger charge is 1.70. The van der Waals surface area contributed by atoms with Gasteiger partial charge in [-0.1, -0.05) is 19.9 Å². The molecular formula is C9H17FO2. The Morgan fingerprint density at radius 3 is 2.33 bits per heavy atom. The van der Waals surface area contributed by atoms with Crippen molar-refractivity contribution in [2.45, 2.75) is 26.7 Å². The van der Waals surface area contributed by atoms with Crippen molar-refractivity contribution in [3.63, 3.8) is 0 Å². The zero-order chi connectivity index (χ0) is 9.66. The van der Waals surface area contributed by atoms with E-state index in [4.69, 9.17) is 0 Å². The molecule has 0 unspecified atom stereocenters. The Bertz CT molecular complexity index is 103. The van der Waals surface area contributed by atoms with Gasteiger partial charge >= 0.3 is 0 Å². The summed E-state index contributed by atoms with van der Waals surface area (Å²) in [5, 5.41) is 0. The number of ether oxygens (including phenoxy) is 1. The van der Waals surface area contributed by atoms with E-state index in [2.05, 4.69) is 16.3 Å². The molecule has 0 rings (SSSR count). The molecule has 0 bridgehead atoms. The van der Waals surface area contributed by atoms with Crippen LogP contribution in [0.3, 0.4) is 0 Å². The topological polar surface area (TPSA) is 18.5 Å². The van der Waals surface area contributed by atoms with Gasteiger partial charge in [-0.2, -0.15) is 0 Å². The molecule has 72 valence electrons. The van der Waals surface area contributed by atoms with Crippen LogP contribution in [0.15, 0.2) is 25.2 Å². The standard InChI is InChI=1S/C5H9FO.C4H8O/c1-2-3-4-5-7-6;1-3-5-4-2/h4-5H,2-3H2,1H3;3H,1,4H2,2H3. The van der Waals surface area contributed by atoms with E-state index in [1.165, 1.54) is 6.26 Å². The van der Waals surface area contributed by atoms with Crippen molar-refractivity contribution in [2.24, 2.45) is 0 Å². The molecule has 0 radical (unpaired) electrons. The first kappa shape index (κ1) is 13.6. The van der Waals surface area contributed by atoms with Gasteiger partial charge in [0.2, 0.25) is 0 Å². The maximum absolute atomic E-state index is 10.7. The Morgan fingerprint density at radius 1 is 1.42 bits per heavy atom. The molecule has 0 atom stereocenters. The summed E-state index contributed by atoms with van der Waals surface area (Å²) in [6.45, 7) is 7.99. The number of halogens is 1. The number of hydrogen-bond donors (Lipinski definition) is 0. The van der Waals surface area contributed by atoms with Gasteiger partial charge in [-0.15, -0.1) is 0 Å². The Hall–Kier alpha value is -0.990. The zero-order valence-corrected chi connectivity index (χ0v) is 7.75. The second-order valence-corrected chi connectivity index (χ2v) is 1.87. The molecule has 0 spiro atoms. The number of unbranched alkanes of at least 4 members (excludes halogenated alkanes) is 1. The van der Waals surface area contributed by atoms with E-state index in [0.29, 0.717) is 0 Å². The smallest absolute Gasteiger partial charge is 0.132 e. The molecule has 12 heavy (non-hydrogen) atoms. The summed E-state index contributed by atoms with van der Waals surface area (Å²) in [5.41, 5.74) is 0. The predicted octanol–water partition coefficient (Wildman–Crippen LogP) is 3.37. The predicted molar refractivity (Wildman–Crippen MR) is 48.1 cm³/mol. The van der Waals surface area contributed by atoms with Gasteiger partial charge in [-0.25, -0.2) is 0 Å². The first-order valence-electron chi connectivity index (χ1n) is 3.98. The van der Waals surface area contributed by atoms with Crippen molar-refractivity contribution < 1.29 is 14.2 Å². The van der Waals surface area contributed by atoms with Crippen LogP contribution in [0.2, 0.25) is 0 Å². The molecule has 0 N–H and O–H groups in total. The fourth-order valence-corrected chi connectivity index (χ4v) is 0.389. The highest BCUT2D eigenvalue weighted by molar-refractivity contribution is 4.70. The van der Waals surface area contributed by atoms with Crippen LogP contribution < -0.4 is 0 Å². The largest absolute Gasteiger partial charge is 0.502 e. The van der Waals surface area contributed by atoms with E-state index in [1.807, 2.05) is 13.8 Å². The van der Waals surface area contributed by atoms with Gasteiger partial charge in [0.15, 0.2) is 0 Å². The zero-order valence-electron chi connectivity index (χ0n) is 7.75. The first-order chi connectivity index (χ1) is 5.83. The van der Waals surface area contributed by atoms with Crippen LogP contribution in [-0.4, -0.2) is 6.61 Å². The van der Waals surface area contributed by atoms with Crippen molar-refractivity contribution in [1.82, 2.24) is 0 Å². The Balaban J connectivity index is 0. The molecule has 0 fully saturated rings. The van der Waals surface area contributed by atoms with E-state index in [9.17, 15) is 4.53 Å². The van der Waals surface area contributed by atoms with Crippen molar-refractivity contribution in [3.8, 4) is 0 Å². The average molecular weight is 176 g/mol. The SMILES string of the molecule is C=COCC.CCCC=COF. The number of hydrogen-bond acceptors (Lipinski definition) is 2. The van der Waals surface area contributed by atoms with Gasteiger partial charge in [0, 0.05) is 4.53 Å². The number of rotatable bonds is 5. The lowest BCUT2D eigenvalue weighted by atomic mass is 10.3. The summed E-state index contributed by atoms with van der Waals surface area (Å²) in [4.78, 5) is 3.16. The molecule has 0 aliphatic heterocycles. The molecule has 0 aromatic carbocycles. The van der Waals surface area contributed by atoms with Gasteiger partial charge in [0.25, 0.3) is 0 Å². The number of allylic oxidation sites excluding steroid dienone is 1. The Morgan fingerprint density at radius 2 is 2.08 bits per heavy atom. The molecule has 0 aliphatic rings. The molecule has 3 heteroatoms. The van der Waals surface area contributed by atoms with Crippen LogP contribution >= 0.6 is 0 Å². The van der Waals surface area contributed by atoms with Crippen molar-refractivity contribution in [2.75, 3.05) is 6.61 Å². The molecule has 0 amide bonds. The third-order valence-electron chi connectivity index (χ3n) is 0.888. The minimum absolute atomic E-state index is 0.726. The van der Waals surface area contributed by atoms with Crippen LogP contribution in [0.1, 0.15) is 26.7 Å². The Kier molecular flexibility index (Phi) is 18.7. The molecule has 0 aromatic heterocycles. The first-order valence-corrected chi connectivity index (χ1v) is 3.98. The summed E-state index contributed by atoms with van der Waals surface area (Å²) in [7, 11) is 0. The minimum atomic E-state index is 0.726. The summed E-state index contributed by atoms with van der Waals surface area (Å²) < 4.78 is 15.3. The van der Waals surface area contributed by atoms with Crippen LogP contribution in [0.25, 0.3) is 0 Å². The molecule has 0 saturated heterocycles. The lowest BCUT2D eigenvalue weighted by Crippen LogP contribution is -1.72. The van der Waals surface area contributed by atoms with E-state index >= 15 is 0 Å². The lowest BCUT2D eigenvalue weighted by Gasteiger charge is -1.84. The average Bonchev–Trinajstić information content (AvgIpc) is 2.08. The summed E-state index contributed by atoms with van der Waals surface area (Å²) in [5.74, 6) is 0. The highest BCUT2D eigenvalue weighted by Crippen LogP contribution is 1.87. The van der Waals surface area contributed by atoms with E-state index in [-0.39, 0.29) is 0 Å². The van der Waals surface area contributed by atoms with Gasteiger partial charge < -0.3 is 9.68 Å². The van der Waals surface area contributed by atoms with Crippen LogP contribution in [0.4, 0.5) is 4.53 Å². The molecule has 0 aromatic rings. The third kappa shape index (κ3) is 23.0. The van der Waals surface area contributed by atoms with Crippen LogP contribution in [0.5, 0.6) is 0 Å². The van der Waals surface area contributed by atoms with Gasteiger partial charge in [0.05, 0.1) is 12.9 Å². The van der Waals surface area contributed by atoms with Gasteiger partial charge in [-0.05, 0) is 19.4 Å². The fraction of sp³-hybridized carbons (Fsp3) is 0.556. The molecule has 0 heterocycles. The second kappa shape index (κ2) is 16.5. The Labute approximate surface area is 73.6 Å². The summed E-state index contributed by atoms with van der Waals surface area (Å²) in [6.07, 6.45) is 6.02. The summed E-state index contributed by atoms with van der Waals surface area (Å²) >= 11 is 0. The maximum atomic E-state index is 10.7. The van der Waals surface area contributed by atoms with E-state index in [0.717, 1.165) is 25.7 Å². The normalized spacial score (nSPS) is 8.58. The molecular weight excluding hydrogens is 159 g/mol.